The maximum absolute atomic E-state index is 12.7. The van der Waals surface area contributed by atoms with Crippen LogP contribution in [0, 0.1) is 5.92 Å². The van der Waals surface area contributed by atoms with Gasteiger partial charge in [0, 0.05) is 0 Å². The van der Waals surface area contributed by atoms with Crippen LogP contribution >= 0.6 is 0 Å². The zero-order valence-corrected chi connectivity index (χ0v) is 10.1. The molecule has 2 rings (SSSR count). The highest BCUT2D eigenvalue weighted by Gasteiger charge is 2.42. The molecule has 3 heteroatoms. The first-order valence-corrected chi connectivity index (χ1v) is 6.04. The van der Waals surface area contributed by atoms with Crippen LogP contribution in [-0.2, 0) is 11.6 Å². The standard InChI is InChI=1S/C14H17F3/c1-10(2)13(7-4-8-13)11-5-3-6-12(9-11)14(15,16)17/h3,5-6,9-10H,4,7-8H2,1-2H3. The average molecular weight is 242 g/mol. The van der Waals surface area contributed by atoms with E-state index >= 15 is 0 Å². The molecule has 0 aromatic heterocycles. The molecule has 1 aliphatic carbocycles. The van der Waals surface area contributed by atoms with Crippen molar-refractivity contribution in [2.24, 2.45) is 5.92 Å². The Labute approximate surface area is 99.8 Å². The van der Waals surface area contributed by atoms with E-state index in [0.717, 1.165) is 30.9 Å². The minimum absolute atomic E-state index is 0.0265. The Balaban J connectivity index is 2.40. The summed E-state index contributed by atoms with van der Waals surface area (Å²) in [5.74, 6) is 0.389. The second-order valence-corrected chi connectivity index (χ2v) is 5.24. The van der Waals surface area contributed by atoms with Crippen molar-refractivity contribution in [3.05, 3.63) is 35.4 Å². The van der Waals surface area contributed by atoms with Gasteiger partial charge in [-0.1, -0.05) is 38.5 Å². The minimum Gasteiger partial charge on any atom is -0.166 e. The minimum atomic E-state index is -4.24. The molecule has 0 nitrogen and oxygen atoms in total. The molecular formula is C14H17F3. The van der Waals surface area contributed by atoms with E-state index in [1.54, 1.807) is 0 Å². The summed E-state index contributed by atoms with van der Waals surface area (Å²) in [6.07, 6.45) is -1.11. The Bertz CT molecular complexity index is 400. The van der Waals surface area contributed by atoms with E-state index in [1.807, 2.05) is 6.07 Å². The van der Waals surface area contributed by atoms with Crippen LogP contribution in [0.25, 0.3) is 0 Å². The highest BCUT2D eigenvalue weighted by atomic mass is 19.4. The predicted octanol–water partition coefficient (Wildman–Crippen LogP) is 4.78. The van der Waals surface area contributed by atoms with Crippen LogP contribution < -0.4 is 0 Å². The molecule has 1 saturated carbocycles. The Kier molecular flexibility index (Phi) is 2.96. The van der Waals surface area contributed by atoms with Gasteiger partial charge in [-0.15, -0.1) is 0 Å². The van der Waals surface area contributed by atoms with Crippen molar-refractivity contribution in [3.63, 3.8) is 0 Å². The lowest BCUT2D eigenvalue weighted by atomic mass is 9.58. The van der Waals surface area contributed by atoms with E-state index < -0.39 is 11.7 Å². The van der Waals surface area contributed by atoms with Gasteiger partial charge in [-0.3, -0.25) is 0 Å². The third kappa shape index (κ3) is 2.07. The van der Waals surface area contributed by atoms with Crippen molar-refractivity contribution in [3.8, 4) is 0 Å². The highest BCUT2D eigenvalue weighted by molar-refractivity contribution is 5.34. The zero-order valence-electron chi connectivity index (χ0n) is 10.1. The van der Waals surface area contributed by atoms with Gasteiger partial charge in [-0.05, 0) is 35.8 Å². The van der Waals surface area contributed by atoms with Crippen LogP contribution in [0.2, 0.25) is 0 Å². The number of halogens is 3. The Morgan fingerprint density at radius 3 is 2.24 bits per heavy atom. The second-order valence-electron chi connectivity index (χ2n) is 5.24. The molecule has 0 heterocycles. The summed E-state index contributed by atoms with van der Waals surface area (Å²) in [6.45, 7) is 4.19. The van der Waals surface area contributed by atoms with Gasteiger partial charge in [0.1, 0.15) is 0 Å². The lowest BCUT2D eigenvalue weighted by molar-refractivity contribution is -0.137. The monoisotopic (exact) mass is 242 g/mol. The quantitative estimate of drug-likeness (QED) is 0.700. The Morgan fingerprint density at radius 2 is 1.82 bits per heavy atom. The van der Waals surface area contributed by atoms with Crippen LogP contribution in [0.15, 0.2) is 24.3 Å². The Hall–Kier alpha value is -0.990. The largest absolute Gasteiger partial charge is 0.416 e. The summed E-state index contributed by atoms with van der Waals surface area (Å²) in [5.41, 5.74) is 0.303. The third-order valence-electron chi connectivity index (χ3n) is 4.12. The van der Waals surface area contributed by atoms with Gasteiger partial charge >= 0.3 is 6.18 Å². The normalized spacial score (nSPS) is 19.2. The van der Waals surface area contributed by atoms with Crippen LogP contribution in [0.1, 0.15) is 44.2 Å². The maximum atomic E-state index is 12.7. The second kappa shape index (κ2) is 4.04. The molecule has 0 N–H and O–H groups in total. The fourth-order valence-corrected chi connectivity index (χ4v) is 2.76. The Morgan fingerprint density at radius 1 is 1.18 bits per heavy atom. The van der Waals surface area contributed by atoms with E-state index in [2.05, 4.69) is 13.8 Å². The molecule has 1 aromatic rings. The van der Waals surface area contributed by atoms with Crippen molar-refractivity contribution in [1.29, 1.82) is 0 Å². The van der Waals surface area contributed by atoms with Gasteiger partial charge in [0.2, 0.25) is 0 Å². The number of alkyl halides is 3. The molecule has 0 aliphatic heterocycles. The van der Waals surface area contributed by atoms with Crippen LogP contribution in [0.5, 0.6) is 0 Å². The van der Waals surface area contributed by atoms with E-state index in [9.17, 15) is 13.2 Å². The van der Waals surface area contributed by atoms with Gasteiger partial charge in [0.15, 0.2) is 0 Å². The third-order valence-corrected chi connectivity index (χ3v) is 4.12. The average Bonchev–Trinajstić information content (AvgIpc) is 2.14. The van der Waals surface area contributed by atoms with Gasteiger partial charge in [-0.2, -0.15) is 13.2 Å². The summed E-state index contributed by atoms with van der Waals surface area (Å²) in [5, 5.41) is 0. The van der Waals surface area contributed by atoms with E-state index in [-0.39, 0.29) is 5.41 Å². The van der Waals surface area contributed by atoms with Crippen LogP contribution in [0.4, 0.5) is 13.2 Å². The molecule has 0 atom stereocenters. The van der Waals surface area contributed by atoms with E-state index in [1.165, 1.54) is 12.1 Å². The first kappa shape index (κ1) is 12.5. The van der Waals surface area contributed by atoms with Gasteiger partial charge in [0.05, 0.1) is 5.56 Å². The molecule has 1 aliphatic rings. The van der Waals surface area contributed by atoms with Crippen molar-refractivity contribution in [1.82, 2.24) is 0 Å². The lowest BCUT2D eigenvalue weighted by Gasteiger charge is -2.46. The van der Waals surface area contributed by atoms with Gasteiger partial charge in [-0.25, -0.2) is 0 Å². The summed E-state index contributed by atoms with van der Waals surface area (Å²) in [4.78, 5) is 0. The number of hydrogen-bond donors (Lipinski definition) is 0. The van der Waals surface area contributed by atoms with E-state index in [0.29, 0.717) is 5.92 Å². The van der Waals surface area contributed by atoms with Crippen LogP contribution in [-0.4, -0.2) is 0 Å². The molecule has 0 spiro atoms. The molecule has 17 heavy (non-hydrogen) atoms. The number of rotatable bonds is 2. The molecule has 0 amide bonds. The highest BCUT2D eigenvalue weighted by Crippen LogP contribution is 2.49. The first-order chi connectivity index (χ1) is 7.86. The predicted molar refractivity (Wildman–Crippen MR) is 61.8 cm³/mol. The fraction of sp³-hybridized carbons (Fsp3) is 0.571. The zero-order chi connectivity index (χ0) is 12.7. The van der Waals surface area contributed by atoms with E-state index in [4.69, 9.17) is 0 Å². The molecule has 94 valence electrons. The summed E-state index contributed by atoms with van der Waals surface area (Å²) in [6, 6.07) is 5.85. The number of benzene rings is 1. The molecular weight excluding hydrogens is 225 g/mol. The lowest BCUT2D eigenvalue weighted by Crippen LogP contribution is -2.39. The SMILES string of the molecule is CC(C)C1(c2cccc(C(F)(F)F)c2)CCC1. The molecule has 1 fully saturated rings. The molecule has 0 unspecified atom stereocenters. The molecule has 1 aromatic carbocycles. The number of hydrogen-bond acceptors (Lipinski definition) is 0. The molecule has 0 bridgehead atoms. The fourth-order valence-electron chi connectivity index (χ4n) is 2.76. The summed E-state index contributed by atoms with van der Waals surface area (Å²) >= 11 is 0. The van der Waals surface area contributed by atoms with Crippen LogP contribution in [0.3, 0.4) is 0 Å². The topological polar surface area (TPSA) is 0 Å². The maximum Gasteiger partial charge on any atom is 0.416 e. The summed E-state index contributed by atoms with van der Waals surface area (Å²) in [7, 11) is 0. The van der Waals surface area contributed by atoms with Crippen molar-refractivity contribution in [2.45, 2.75) is 44.7 Å². The smallest absolute Gasteiger partial charge is 0.166 e. The first-order valence-electron chi connectivity index (χ1n) is 6.04. The summed E-state index contributed by atoms with van der Waals surface area (Å²) < 4.78 is 38.0. The molecule has 0 radical (unpaired) electrons. The van der Waals surface area contributed by atoms with Crippen molar-refractivity contribution >= 4 is 0 Å². The molecule has 0 saturated heterocycles. The van der Waals surface area contributed by atoms with Crippen molar-refractivity contribution < 1.29 is 13.2 Å². The van der Waals surface area contributed by atoms with Gasteiger partial charge < -0.3 is 0 Å². The van der Waals surface area contributed by atoms with Crippen molar-refractivity contribution in [2.75, 3.05) is 0 Å². The van der Waals surface area contributed by atoms with Gasteiger partial charge in [0.25, 0.3) is 0 Å².